The molecule has 0 unspecified atom stereocenters. The van der Waals surface area contributed by atoms with Crippen LogP contribution in [0, 0.1) is 0 Å². The molecule has 0 fully saturated rings. The average Bonchev–Trinajstić information content (AvgIpc) is 2.67. The largest absolute Gasteiger partial charge is 0.477 e. The summed E-state index contributed by atoms with van der Waals surface area (Å²) in [7, 11) is 0. The van der Waals surface area contributed by atoms with Gasteiger partial charge in [0.2, 0.25) is 0 Å². The number of carboxylic acids is 1. The molecular weight excluding hydrogens is 182 g/mol. The zero-order chi connectivity index (χ0) is 10.1. The van der Waals surface area contributed by atoms with Crippen molar-refractivity contribution in [2.45, 2.75) is 6.92 Å². The number of hydrogen-bond donors (Lipinski definition) is 2. The molecule has 14 heavy (non-hydrogen) atoms. The molecule has 72 valence electrons. The van der Waals surface area contributed by atoms with Gasteiger partial charge in [0.1, 0.15) is 12.0 Å². The van der Waals surface area contributed by atoms with Crippen LogP contribution in [-0.4, -0.2) is 16.1 Å². The van der Waals surface area contributed by atoms with Gasteiger partial charge in [0.15, 0.2) is 5.58 Å². The Bertz CT molecular complexity index is 504. The Balaban J connectivity index is 2.61. The number of nitrogens with one attached hydrogen (secondary N) is 1. The summed E-state index contributed by atoms with van der Waals surface area (Å²) in [5.41, 5.74) is 2.29. The van der Waals surface area contributed by atoms with Crippen LogP contribution in [0.4, 0.5) is 0 Å². The maximum atomic E-state index is 10.6. The Morgan fingerprint density at radius 2 is 2.43 bits per heavy atom. The van der Waals surface area contributed by atoms with E-state index < -0.39 is 5.97 Å². The predicted molar refractivity (Wildman–Crippen MR) is 52.2 cm³/mol. The third-order valence-corrected chi connectivity index (χ3v) is 1.96. The van der Waals surface area contributed by atoms with Crippen molar-refractivity contribution in [1.29, 1.82) is 0 Å². The molecule has 0 radical (unpaired) electrons. The Labute approximate surface area is 79.8 Å². The van der Waals surface area contributed by atoms with Crippen molar-refractivity contribution >= 4 is 23.1 Å². The Morgan fingerprint density at radius 1 is 1.64 bits per heavy atom. The Hall–Kier alpha value is -1.97. The van der Waals surface area contributed by atoms with Crippen LogP contribution in [0.1, 0.15) is 23.0 Å². The maximum absolute atomic E-state index is 10.6. The molecule has 0 bridgehead atoms. The van der Waals surface area contributed by atoms with Gasteiger partial charge in [-0.15, -0.1) is 0 Å². The molecule has 2 aromatic heterocycles. The third kappa shape index (κ3) is 1.21. The maximum Gasteiger partial charge on any atom is 0.352 e. The monoisotopic (exact) mass is 191 g/mol. The van der Waals surface area contributed by atoms with Gasteiger partial charge in [-0.3, -0.25) is 0 Å². The molecule has 0 aliphatic carbocycles. The topological polar surface area (TPSA) is 66.2 Å². The lowest BCUT2D eigenvalue weighted by molar-refractivity contribution is 0.0691. The lowest BCUT2D eigenvalue weighted by Crippen LogP contribution is -1.95. The summed E-state index contributed by atoms with van der Waals surface area (Å²) in [6.07, 6.45) is 5.31. The molecule has 4 heteroatoms. The first-order valence-corrected chi connectivity index (χ1v) is 4.18. The van der Waals surface area contributed by atoms with Crippen molar-refractivity contribution in [2.75, 3.05) is 0 Å². The summed E-state index contributed by atoms with van der Waals surface area (Å²) in [6.45, 7) is 1.89. The quantitative estimate of drug-likeness (QED) is 0.766. The van der Waals surface area contributed by atoms with Gasteiger partial charge >= 0.3 is 5.97 Å². The van der Waals surface area contributed by atoms with Crippen LogP contribution in [-0.2, 0) is 0 Å². The first-order valence-electron chi connectivity index (χ1n) is 4.18. The lowest BCUT2D eigenvalue weighted by Gasteiger charge is -1.86. The second-order valence-electron chi connectivity index (χ2n) is 2.92. The summed E-state index contributed by atoms with van der Waals surface area (Å²) in [6, 6.07) is 1.48. The highest BCUT2D eigenvalue weighted by Gasteiger charge is 2.11. The summed E-state index contributed by atoms with van der Waals surface area (Å²) in [5, 5.41) is 8.73. The van der Waals surface area contributed by atoms with E-state index in [1.54, 1.807) is 6.26 Å². The second kappa shape index (κ2) is 3.06. The minimum absolute atomic E-state index is 0.144. The number of fused-ring (bicyclic) bond motifs is 1. The average molecular weight is 191 g/mol. The van der Waals surface area contributed by atoms with E-state index in [4.69, 9.17) is 9.52 Å². The van der Waals surface area contributed by atoms with Gasteiger partial charge in [0.25, 0.3) is 0 Å². The number of carbonyl (C=O) groups is 1. The molecule has 0 aromatic carbocycles. The van der Waals surface area contributed by atoms with Gasteiger partial charge < -0.3 is 14.5 Å². The number of aromatic nitrogens is 1. The fourth-order valence-corrected chi connectivity index (χ4v) is 1.35. The molecule has 0 amide bonds. The van der Waals surface area contributed by atoms with Gasteiger partial charge in [-0.2, -0.15) is 0 Å². The van der Waals surface area contributed by atoms with Crippen LogP contribution in [0.3, 0.4) is 0 Å². The molecule has 2 aromatic rings. The number of aromatic amines is 1. The third-order valence-electron chi connectivity index (χ3n) is 1.96. The SMILES string of the molecule is C/C=C\c1coc2cc(C(=O)O)[nH]c12. The van der Waals surface area contributed by atoms with E-state index in [2.05, 4.69) is 4.98 Å². The number of hydrogen-bond acceptors (Lipinski definition) is 2. The van der Waals surface area contributed by atoms with Gasteiger partial charge in [-0.05, 0) is 6.92 Å². The van der Waals surface area contributed by atoms with Crippen molar-refractivity contribution < 1.29 is 14.3 Å². The standard InChI is InChI=1S/C10H9NO3/c1-2-3-6-5-14-8-4-7(10(12)13)11-9(6)8/h2-5,11H,1H3,(H,12,13)/b3-2-. The lowest BCUT2D eigenvalue weighted by atomic mass is 10.3. The second-order valence-corrected chi connectivity index (χ2v) is 2.92. The molecule has 0 atom stereocenters. The number of rotatable bonds is 2. The number of carboxylic acid groups (broad SMARTS) is 1. The molecule has 2 heterocycles. The van der Waals surface area contributed by atoms with Crippen LogP contribution in [0.5, 0.6) is 0 Å². The number of aromatic carboxylic acids is 1. The van der Waals surface area contributed by atoms with Crippen LogP contribution < -0.4 is 0 Å². The van der Waals surface area contributed by atoms with Crippen LogP contribution in [0.25, 0.3) is 17.2 Å². The fraction of sp³-hybridized carbons (Fsp3) is 0.100. The van der Waals surface area contributed by atoms with Gasteiger partial charge in [0, 0.05) is 11.6 Å². The minimum Gasteiger partial charge on any atom is -0.477 e. The smallest absolute Gasteiger partial charge is 0.352 e. The van der Waals surface area contributed by atoms with Crippen LogP contribution in [0.2, 0.25) is 0 Å². The van der Waals surface area contributed by atoms with Crippen LogP contribution in [0.15, 0.2) is 22.8 Å². The first kappa shape index (κ1) is 8.62. The molecule has 2 rings (SSSR count). The predicted octanol–water partition coefficient (Wildman–Crippen LogP) is 2.49. The van der Waals surface area contributed by atoms with Gasteiger partial charge in [-0.1, -0.05) is 12.2 Å². The van der Waals surface area contributed by atoms with Crippen molar-refractivity contribution in [3.63, 3.8) is 0 Å². The molecule has 0 spiro atoms. The summed E-state index contributed by atoms with van der Waals surface area (Å²) < 4.78 is 5.19. The van der Waals surface area contributed by atoms with E-state index in [-0.39, 0.29) is 5.69 Å². The summed E-state index contributed by atoms with van der Waals surface area (Å²) >= 11 is 0. The van der Waals surface area contributed by atoms with E-state index >= 15 is 0 Å². The molecule has 0 aliphatic heterocycles. The highest BCUT2D eigenvalue weighted by Crippen LogP contribution is 2.22. The molecule has 0 saturated carbocycles. The normalized spacial score (nSPS) is 11.5. The minimum atomic E-state index is -0.983. The number of furan rings is 1. The zero-order valence-electron chi connectivity index (χ0n) is 7.57. The van der Waals surface area contributed by atoms with E-state index in [1.807, 2.05) is 19.1 Å². The van der Waals surface area contributed by atoms with Gasteiger partial charge in [0.05, 0.1) is 5.52 Å². The fourth-order valence-electron chi connectivity index (χ4n) is 1.35. The van der Waals surface area contributed by atoms with Crippen molar-refractivity contribution in [3.8, 4) is 0 Å². The summed E-state index contributed by atoms with van der Waals surface area (Å²) in [4.78, 5) is 13.4. The molecule has 0 aliphatic rings. The van der Waals surface area contributed by atoms with E-state index in [0.29, 0.717) is 5.58 Å². The number of H-pyrrole nitrogens is 1. The van der Waals surface area contributed by atoms with Crippen molar-refractivity contribution in [2.24, 2.45) is 0 Å². The van der Waals surface area contributed by atoms with Gasteiger partial charge in [-0.25, -0.2) is 4.79 Å². The Kier molecular flexibility index (Phi) is 1.89. The highest BCUT2D eigenvalue weighted by molar-refractivity contribution is 5.94. The molecule has 0 saturated heterocycles. The van der Waals surface area contributed by atoms with E-state index in [9.17, 15) is 4.79 Å². The molecule has 4 nitrogen and oxygen atoms in total. The molecular formula is C10H9NO3. The van der Waals surface area contributed by atoms with Crippen molar-refractivity contribution in [3.05, 3.63) is 29.7 Å². The van der Waals surface area contributed by atoms with Crippen LogP contribution >= 0.6 is 0 Å². The van der Waals surface area contributed by atoms with Crippen molar-refractivity contribution in [1.82, 2.24) is 4.98 Å². The van der Waals surface area contributed by atoms with E-state index in [1.165, 1.54) is 6.07 Å². The van der Waals surface area contributed by atoms with E-state index in [0.717, 1.165) is 11.1 Å². The number of allylic oxidation sites excluding steroid dienone is 1. The molecule has 2 N–H and O–H groups in total. The summed E-state index contributed by atoms with van der Waals surface area (Å²) in [5.74, 6) is -0.983. The zero-order valence-corrected chi connectivity index (χ0v) is 7.57. The Morgan fingerprint density at radius 3 is 3.07 bits per heavy atom. The first-order chi connectivity index (χ1) is 6.72. The highest BCUT2D eigenvalue weighted by atomic mass is 16.4.